The van der Waals surface area contributed by atoms with Crippen LogP contribution in [0.2, 0.25) is 5.02 Å². The summed E-state index contributed by atoms with van der Waals surface area (Å²) in [7, 11) is 0. The minimum absolute atomic E-state index is 0.107. The Morgan fingerprint density at radius 3 is 2.79 bits per heavy atom. The van der Waals surface area contributed by atoms with Crippen LogP contribution in [0.4, 0.5) is 5.69 Å². The molecule has 0 spiro atoms. The Hall–Kier alpha value is -2.41. The molecule has 7 nitrogen and oxygen atoms in total. The highest BCUT2D eigenvalue weighted by Gasteiger charge is 2.19. The van der Waals surface area contributed by atoms with E-state index >= 15 is 0 Å². The van der Waals surface area contributed by atoms with Crippen molar-refractivity contribution in [2.45, 2.75) is 32.4 Å². The number of carbonyl (C=O) groups excluding carboxylic acids is 1. The van der Waals surface area contributed by atoms with Crippen molar-refractivity contribution in [1.29, 1.82) is 5.26 Å². The normalized spacial score (nSPS) is 10.7. The SMILES string of the molecule is Cc1nc(C)c(-c2nnc(SCC(=O)N(CCC#N)c3ccc(Cl)c(C)c3)o2)s1. The van der Waals surface area contributed by atoms with Gasteiger partial charge in [-0.25, -0.2) is 4.98 Å². The van der Waals surface area contributed by atoms with Crippen LogP contribution in [0.3, 0.4) is 0 Å². The molecule has 1 aromatic carbocycles. The molecule has 2 aromatic heterocycles. The number of nitrogens with zero attached hydrogens (tertiary/aromatic N) is 5. The fraction of sp³-hybridized carbons (Fsp3) is 0.316. The van der Waals surface area contributed by atoms with Crippen molar-refractivity contribution in [3.63, 3.8) is 0 Å². The summed E-state index contributed by atoms with van der Waals surface area (Å²) in [5, 5.41) is 18.9. The molecule has 0 saturated carbocycles. The molecule has 2 heterocycles. The van der Waals surface area contributed by atoms with Crippen molar-refractivity contribution in [3.05, 3.63) is 39.5 Å². The lowest BCUT2D eigenvalue weighted by Crippen LogP contribution is -2.33. The van der Waals surface area contributed by atoms with Gasteiger partial charge in [0.05, 0.1) is 28.9 Å². The molecule has 0 radical (unpaired) electrons. The average molecular weight is 448 g/mol. The summed E-state index contributed by atoms with van der Waals surface area (Å²) in [5.41, 5.74) is 2.41. The van der Waals surface area contributed by atoms with E-state index in [1.54, 1.807) is 17.0 Å². The molecule has 0 aliphatic heterocycles. The first-order valence-electron chi connectivity index (χ1n) is 8.73. The van der Waals surface area contributed by atoms with Gasteiger partial charge in [-0.05, 0) is 44.5 Å². The van der Waals surface area contributed by atoms with Gasteiger partial charge in [0.25, 0.3) is 11.1 Å². The number of aromatic nitrogens is 3. The Labute approximate surface area is 181 Å². The summed E-state index contributed by atoms with van der Waals surface area (Å²) in [6, 6.07) is 7.43. The van der Waals surface area contributed by atoms with Crippen LogP contribution in [-0.4, -0.2) is 33.4 Å². The lowest BCUT2D eigenvalue weighted by molar-refractivity contribution is -0.116. The first-order valence-corrected chi connectivity index (χ1v) is 10.9. The summed E-state index contributed by atoms with van der Waals surface area (Å²) in [6.45, 7) is 5.97. The molecule has 0 aliphatic carbocycles. The molecule has 0 fully saturated rings. The minimum atomic E-state index is -0.156. The number of thiazole rings is 1. The predicted octanol–water partition coefficient (Wildman–Crippen LogP) is 4.81. The molecule has 10 heteroatoms. The maximum Gasteiger partial charge on any atom is 0.277 e. The molecule has 150 valence electrons. The second-order valence-electron chi connectivity index (χ2n) is 6.20. The van der Waals surface area contributed by atoms with Crippen LogP contribution in [0, 0.1) is 32.1 Å². The molecule has 0 saturated heterocycles. The maximum atomic E-state index is 12.8. The van der Waals surface area contributed by atoms with Crippen LogP contribution < -0.4 is 4.90 Å². The first-order chi connectivity index (χ1) is 13.9. The summed E-state index contributed by atoms with van der Waals surface area (Å²) < 4.78 is 5.69. The Morgan fingerprint density at radius 2 is 2.14 bits per heavy atom. The second kappa shape index (κ2) is 9.39. The second-order valence-corrected chi connectivity index (χ2v) is 8.73. The molecule has 0 N–H and O–H groups in total. The fourth-order valence-corrected chi connectivity index (χ4v) is 4.25. The van der Waals surface area contributed by atoms with Gasteiger partial charge >= 0.3 is 0 Å². The first kappa shape index (κ1) is 21.3. The van der Waals surface area contributed by atoms with Crippen molar-refractivity contribution in [3.8, 4) is 16.8 Å². The van der Waals surface area contributed by atoms with E-state index in [9.17, 15) is 4.79 Å². The summed E-state index contributed by atoms with van der Waals surface area (Å²) in [4.78, 5) is 19.6. The van der Waals surface area contributed by atoms with E-state index in [1.807, 2.05) is 26.8 Å². The van der Waals surface area contributed by atoms with Crippen molar-refractivity contribution >= 4 is 46.3 Å². The number of nitriles is 1. The molecule has 29 heavy (non-hydrogen) atoms. The highest BCUT2D eigenvalue weighted by Crippen LogP contribution is 2.31. The number of anilines is 1. The zero-order chi connectivity index (χ0) is 21.0. The molecule has 3 aromatic rings. The Morgan fingerprint density at radius 1 is 1.34 bits per heavy atom. The van der Waals surface area contributed by atoms with Crippen molar-refractivity contribution in [2.75, 3.05) is 17.2 Å². The van der Waals surface area contributed by atoms with Gasteiger partial charge in [-0.2, -0.15) is 5.26 Å². The average Bonchev–Trinajstić information content (AvgIpc) is 3.28. The molecule has 3 rings (SSSR count). The molecule has 0 unspecified atom stereocenters. The quantitative estimate of drug-likeness (QED) is 0.479. The Balaban J connectivity index is 1.71. The third-order valence-electron chi connectivity index (χ3n) is 4.02. The molecule has 0 bridgehead atoms. The van der Waals surface area contributed by atoms with E-state index in [0.29, 0.717) is 28.4 Å². The summed E-state index contributed by atoms with van der Waals surface area (Å²) in [5.74, 6) is 0.351. The van der Waals surface area contributed by atoms with Gasteiger partial charge in [-0.15, -0.1) is 21.5 Å². The number of hydrogen-bond donors (Lipinski definition) is 0. The van der Waals surface area contributed by atoms with E-state index in [2.05, 4.69) is 21.3 Å². The van der Waals surface area contributed by atoms with Crippen molar-refractivity contribution in [1.82, 2.24) is 15.2 Å². The molecule has 1 amide bonds. The highest BCUT2D eigenvalue weighted by atomic mass is 35.5. The van der Waals surface area contributed by atoms with Crippen molar-refractivity contribution < 1.29 is 9.21 Å². The van der Waals surface area contributed by atoms with Gasteiger partial charge in [0.1, 0.15) is 4.88 Å². The number of hydrogen-bond acceptors (Lipinski definition) is 8. The Bertz CT molecular complexity index is 1070. The predicted molar refractivity (Wildman–Crippen MR) is 114 cm³/mol. The van der Waals surface area contributed by atoms with Crippen LogP contribution >= 0.6 is 34.7 Å². The van der Waals surface area contributed by atoms with Crippen LogP contribution in [0.25, 0.3) is 10.8 Å². The van der Waals surface area contributed by atoms with Gasteiger partial charge < -0.3 is 9.32 Å². The van der Waals surface area contributed by atoms with Crippen LogP contribution in [-0.2, 0) is 4.79 Å². The third kappa shape index (κ3) is 5.15. The van der Waals surface area contributed by atoms with E-state index in [4.69, 9.17) is 21.3 Å². The minimum Gasteiger partial charge on any atom is -0.410 e. The number of carbonyl (C=O) groups is 1. The molecular formula is C19H18ClN5O2S2. The summed E-state index contributed by atoms with van der Waals surface area (Å²) in [6.07, 6.45) is 0.229. The lowest BCUT2D eigenvalue weighted by atomic mass is 10.2. The van der Waals surface area contributed by atoms with Gasteiger partial charge in [-0.1, -0.05) is 23.4 Å². The zero-order valence-corrected chi connectivity index (χ0v) is 18.5. The van der Waals surface area contributed by atoms with E-state index in [0.717, 1.165) is 32.9 Å². The van der Waals surface area contributed by atoms with Gasteiger partial charge in [0, 0.05) is 17.3 Å². The van der Waals surface area contributed by atoms with Crippen molar-refractivity contribution in [2.24, 2.45) is 0 Å². The van der Waals surface area contributed by atoms with Crippen LogP contribution in [0.15, 0.2) is 27.8 Å². The smallest absolute Gasteiger partial charge is 0.277 e. The van der Waals surface area contributed by atoms with Crippen LogP contribution in [0.1, 0.15) is 22.7 Å². The fourth-order valence-electron chi connectivity index (χ4n) is 2.65. The molecule has 0 aliphatic rings. The van der Waals surface area contributed by atoms with Crippen LogP contribution in [0.5, 0.6) is 0 Å². The zero-order valence-electron chi connectivity index (χ0n) is 16.1. The standard InChI is InChI=1S/C19H18ClN5O2S2/c1-11-9-14(5-6-15(11)20)25(8-4-7-21)16(26)10-28-19-24-23-18(27-19)17-12(2)22-13(3)29-17/h5-6,9H,4,8,10H2,1-3H3. The number of amides is 1. The highest BCUT2D eigenvalue weighted by molar-refractivity contribution is 7.99. The number of rotatable bonds is 7. The number of thioether (sulfide) groups is 1. The Kier molecular flexibility index (Phi) is 6.90. The topological polar surface area (TPSA) is 95.9 Å². The lowest BCUT2D eigenvalue weighted by Gasteiger charge is -2.22. The van der Waals surface area contributed by atoms with Gasteiger partial charge in [-0.3, -0.25) is 4.79 Å². The monoisotopic (exact) mass is 447 g/mol. The van der Waals surface area contributed by atoms with Gasteiger partial charge in [0.15, 0.2) is 0 Å². The van der Waals surface area contributed by atoms with E-state index in [-0.39, 0.29) is 18.1 Å². The number of benzene rings is 1. The summed E-state index contributed by atoms with van der Waals surface area (Å²) >= 11 is 8.73. The number of halogens is 1. The van der Waals surface area contributed by atoms with E-state index < -0.39 is 0 Å². The third-order valence-corrected chi connectivity index (χ3v) is 6.31. The van der Waals surface area contributed by atoms with Gasteiger partial charge in [0.2, 0.25) is 5.91 Å². The largest absolute Gasteiger partial charge is 0.410 e. The maximum absolute atomic E-state index is 12.8. The van der Waals surface area contributed by atoms with E-state index in [1.165, 1.54) is 11.3 Å². The molecular weight excluding hydrogens is 430 g/mol. The molecule has 0 atom stereocenters. The number of aryl methyl sites for hydroxylation is 3.